The van der Waals surface area contributed by atoms with E-state index in [9.17, 15) is 9.59 Å². The van der Waals surface area contributed by atoms with E-state index in [2.05, 4.69) is 17.2 Å². The zero-order valence-electron chi connectivity index (χ0n) is 15.6. The molecule has 3 rings (SSSR count). The van der Waals surface area contributed by atoms with Gasteiger partial charge in [-0.15, -0.1) is 11.3 Å². The predicted octanol–water partition coefficient (Wildman–Crippen LogP) is 4.51. The maximum absolute atomic E-state index is 12.2. The second kappa shape index (κ2) is 9.80. The quantitative estimate of drug-likeness (QED) is 0.451. The lowest BCUT2D eigenvalue weighted by Gasteiger charge is -2.18. The second-order valence-electron chi connectivity index (χ2n) is 6.28. The standard InChI is InChI=1S/C22H22N2O3S/c1-2-8-17(16-9-4-3-5-10-16)23-20(25)15-27-22(26)14-13-21-24-18-11-6-7-12-19(18)28-21/h3-7,9-14,17H,2,8,15H2,1H3,(H,23,25)/b14-13+/t17-/m0/s1. The molecule has 0 aliphatic heterocycles. The van der Waals surface area contributed by atoms with Gasteiger partial charge in [-0.1, -0.05) is 55.8 Å². The molecule has 0 unspecified atom stereocenters. The van der Waals surface area contributed by atoms with Gasteiger partial charge in [-0.3, -0.25) is 4.79 Å². The third kappa shape index (κ3) is 5.50. The number of nitrogens with one attached hydrogen (secondary N) is 1. The number of amides is 1. The molecule has 0 radical (unpaired) electrons. The van der Waals surface area contributed by atoms with Crippen LogP contribution in [0.15, 0.2) is 60.7 Å². The molecule has 144 valence electrons. The molecule has 0 bridgehead atoms. The Morgan fingerprint density at radius 1 is 1.14 bits per heavy atom. The Morgan fingerprint density at radius 2 is 1.89 bits per heavy atom. The summed E-state index contributed by atoms with van der Waals surface area (Å²) in [6, 6.07) is 17.5. The fourth-order valence-electron chi connectivity index (χ4n) is 2.82. The molecule has 0 aliphatic carbocycles. The first-order valence-corrected chi connectivity index (χ1v) is 10.0. The van der Waals surface area contributed by atoms with Crippen molar-refractivity contribution in [2.75, 3.05) is 6.61 Å². The zero-order valence-corrected chi connectivity index (χ0v) is 16.4. The van der Waals surface area contributed by atoms with Crippen molar-refractivity contribution in [3.8, 4) is 0 Å². The van der Waals surface area contributed by atoms with Crippen LogP contribution in [-0.4, -0.2) is 23.5 Å². The molecule has 1 N–H and O–H groups in total. The van der Waals surface area contributed by atoms with E-state index >= 15 is 0 Å². The van der Waals surface area contributed by atoms with Gasteiger partial charge in [-0.05, 0) is 30.2 Å². The fourth-order valence-corrected chi connectivity index (χ4v) is 3.69. The van der Waals surface area contributed by atoms with Gasteiger partial charge in [-0.25, -0.2) is 9.78 Å². The monoisotopic (exact) mass is 394 g/mol. The first kappa shape index (κ1) is 19.8. The third-order valence-electron chi connectivity index (χ3n) is 4.13. The van der Waals surface area contributed by atoms with Crippen LogP contribution in [0.3, 0.4) is 0 Å². The van der Waals surface area contributed by atoms with Crippen LogP contribution in [-0.2, 0) is 14.3 Å². The van der Waals surface area contributed by atoms with Crippen molar-refractivity contribution in [1.82, 2.24) is 10.3 Å². The van der Waals surface area contributed by atoms with Crippen LogP contribution in [0.2, 0.25) is 0 Å². The number of carbonyl (C=O) groups excluding carboxylic acids is 2. The number of nitrogens with zero attached hydrogens (tertiary/aromatic N) is 1. The van der Waals surface area contributed by atoms with Crippen molar-refractivity contribution < 1.29 is 14.3 Å². The van der Waals surface area contributed by atoms with Crippen molar-refractivity contribution in [3.05, 3.63) is 71.2 Å². The first-order chi connectivity index (χ1) is 13.7. The summed E-state index contributed by atoms with van der Waals surface area (Å²) in [5, 5.41) is 3.65. The Morgan fingerprint density at radius 3 is 2.64 bits per heavy atom. The van der Waals surface area contributed by atoms with Gasteiger partial charge in [0.1, 0.15) is 5.01 Å². The summed E-state index contributed by atoms with van der Waals surface area (Å²) in [5.74, 6) is -0.884. The first-order valence-electron chi connectivity index (χ1n) is 9.20. The Bertz CT molecular complexity index is 933. The number of rotatable bonds is 8. The van der Waals surface area contributed by atoms with Gasteiger partial charge >= 0.3 is 5.97 Å². The van der Waals surface area contributed by atoms with Crippen LogP contribution < -0.4 is 5.32 Å². The molecule has 1 amide bonds. The van der Waals surface area contributed by atoms with Crippen LogP contribution in [0.25, 0.3) is 16.3 Å². The highest BCUT2D eigenvalue weighted by atomic mass is 32.1. The Balaban J connectivity index is 1.51. The topological polar surface area (TPSA) is 68.3 Å². The predicted molar refractivity (Wildman–Crippen MR) is 112 cm³/mol. The summed E-state index contributed by atoms with van der Waals surface area (Å²) in [6.45, 7) is 1.75. The smallest absolute Gasteiger partial charge is 0.331 e. The van der Waals surface area contributed by atoms with Gasteiger partial charge in [0.05, 0.1) is 16.3 Å². The van der Waals surface area contributed by atoms with Crippen molar-refractivity contribution in [2.45, 2.75) is 25.8 Å². The van der Waals surface area contributed by atoms with E-state index in [1.165, 1.54) is 17.4 Å². The Hall–Kier alpha value is -2.99. The molecule has 0 spiro atoms. The SMILES string of the molecule is CCC[C@H](NC(=O)COC(=O)/C=C/c1nc2ccccc2s1)c1ccccc1. The molecule has 0 saturated heterocycles. The average Bonchev–Trinajstić information content (AvgIpc) is 3.14. The fraction of sp³-hybridized carbons (Fsp3) is 0.227. The molecule has 5 nitrogen and oxygen atoms in total. The molecule has 0 aliphatic rings. The maximum atomic E-state index is 12.2. The lowest BCUT2D eigenvalue weighted by atomic mass is 10.0. The van der Waals surface area contributed by atoms with Crippen LogP contribution in [0, 0.1) is 0 Å². The summed E-state index contributed by atoms with van der Waals surface area (Å²) in [6.07, 6.45) is 4.66. The van der Waals surface area contributed by atoms with Gasteiger partial charge in [0.25, 0.3) is 5.91 Å². The number of hydrogen-bond acceptors (Lipinski definition) is 5. The lowest BCUT2D eigenvalue weighted by Crippen LogP contribution is -2.32. The summed E-state index contributed by atoms with van der Waals surface area (Å²) in [5.41, 5.74) is 1.93. The number of para-hydroxylation sites is 1. The number of ether oxygens (including phenoxy) is 1. The number of benzene rings is 2. The highest BCUT2D eigenvalue weighted by Crippen LogP contribution is 2.22. The molecule has 2 aromatic carbocycles. The summed E-state index contributed by atoms with van der Waals surface area (Å²) < 4.78 is 6.11. The molecule has 6 heteroatoms. The largest absolute Gasteiger partial charge is 0.452 e. The minimum Gasteiger partial charge on any atom is -0.452 e. The van der Waals surface area contributed by atoms with E-state index in [-0.39, 0.29) is 18.6 Å². The second-order valence-corrected chi connectivity index (χ2v) is 7.34. The summed E-state index contributed by atoms with van der Waals surface area (Å²) in [4.78, 5) is 28.5. The van der Waals surface area contributed by atoms with Crippen molar-refractivity contribution >= 4 is 39.5 Å². The van der Waals surface area contributed by atoms with Gasteiger partial charge in [0, 0.05) is 6.08 Å². The molecular weight excluding hydrogens is 372 g/mol. The van der Waals surface area contributed by atoms with Crippen LogP contribution >= 0.6 is 11.3 Å². The lowest BCUT2D eigenvalue weighted by molar-refractivity contribution is -0.144. The highest BCUT2D eigenvalue weighted by Gasteiger charge is 2.14. The van der Waals surface area contributed by atoms with E-state index in [4.69, 9.17) is 4.74 Å². The van der Waals surface area contributed by atoms with E-state index in [0.717, 1.165) is 33.6 Å². The highest BCUT2D eigenvalue weighted by molar-refractivity contribution is 7.19. The molecule has 0 fully saturated rings. The Kier molecular flexibility index (Phi) is 6.92. The summed E-state index contributed by atoms with van der Waals surface area (Å²) >= 11 is 1.49. The molecule has 0 saturated carbocycles. The third-order valence-corrected chi connectivity index (χ3v) is 5.13. The molecule has 1 heterocycles. The summed E-state index contributed by atoms with van der Waals surface area (Å²) in [7, 11) is 0. The zero-order chi connectivity index (χ0) is 19.8. The van der Waals surface area contributed by atoms with Gasteiger partial charge in [0.2, 0.25) is 0 Å². The normalized spacial score (nSPS) is 12.2. The average molecular weight is 394 g/mol. The number of fused-ring (bicyclic) bond motifs is 1. The molecule has 1 aromatic heterocycles. The van der Waals surface area contributed by atoms with E-state index < -0.39 is 5.97 Å². The number of hydrogen-bond donors (Lipinski definition) is 1. The minimum absolute atomic E-state index is 0.0873. The van der Waals surface area contributed by atoms with Crippen LogP contribution in [0.5, 0.6) is 0 Å². The number of thiazole rings is 1. The van der Waals surface area contributed by atoms with E-state index in [1.807, 2.05) is 54.6 Å². The number of aromatic nitrogens is 1. The molecule has 28 heavy (non-hydrogen) atoms. The maximum Gasteiger partial charge on any atom is 0.331 e. The molecule has 3 aromatic rings. The van der Waals surface area contributed by atoms with Crippen LogP contribution in [0.1, 0.15) is 36.4 Å². The van der Waals surface area contributed by atoms with Gasteiger partial charge < -0.3 is 10.1 Å². The van der Waals surface area contributed by atoms with Crippen molar-refractivity contribution in [1.29, 1.82) is 0 Å². The molecular formula is C22H22N2O3S. The number of carbonyl (C=O) groups is 2. The number of esters is 1. The molecule has 1 atom stereocenters. The van der Waals surface area contributed by atoms with Crippen LogP contribution in [0.4, 0.5) is 0 Å². The van der Waals surface area contributed by atoms with Crippen molar-refractivity contribution in [3.63, 3.8) is 0 Å². The van der Waals surface area contributed by atoms with Gasteiger partial charge in [0.15, 0.2) is 6.61 Å². The van der Waals surface area contributed by atoms with Gasteiger partial charge in [-0.2, -0.15) is 0 Å². The van der Waals surface area contributed by atoms with E-state index in [1.54, 1.807) is 6.08 Å². The van der Waals surface area contributed by atoms with E-state index in [0.29, 0.717) is 0 Å². The van der Waals surface area contributed by atoms with Crippen molar-refractivity contribution in [2.24, 2.45) is 0 Å². The Labute approximate surface area is 168 Å². The minimum atomic E-state index is -0.568.